The zero-order valence-electron chi connectivity index (χ0n) is 8.21. The van der Waals surface area contributed by atoms with E-state index in [0.29, 0.717) is 0 Å². The van der Waals surface area contributed by atoms with Crippen LogP contribution in [-0.2, 0) is 9.84 Å². The monoisotopic (exact) mass is 243 g/mol. The third-order valence-corrected chi connectivity index (χ3v) is 5.72. The summed E-state index contributed by atoms with van der Waals surface area (Å²) < 4.78 is 61.8. The highest BCUT2D eigenvalue weighted by atomic mass is 32.2. The van der Waals surface area contributed by atoms with Gasteiger partial charge in [-0.05, 0) is 13.5 Å². The van der Waals surface area contributed by atoms with Gasteiger partial charge in [-0.3, -0.25) is 0 Å². The zero-order chi connectivity index (χ0) is 11.5. The molecule has 7 heteroatoms. The number of hydrogen-bond acceptors (Lipinski definition) is 3. The Morgan fingerprint density at radius 2 is 2.00 bits per heavy atom. The smallest absolute Gasteiger partial charge is 0.304 e. The minimum atomic E-state index is -4.42. The maximum atomic E-state index is 12.9. The van der Waals surface area contributed by atoms with Crippen LogP contribution in [0.3, 0.4) is 0 Å². The largest absolute Gasteiger partial charge is 0.397 e. The summed E-state index contributed by atoms with van der Waals surface area (Å²) in [6, 6.07) is 0. The van der Waals surface area contributed by atoms with E-state index in [1.165, 1.54) is 11.9 Å². The predicted octanol–water partition coefficient (Wildman–Crippen LogP) is 0.668. The highest BCUT2D eigenvalue weighted by molar-refractivity contribution is 7.92. The number of halogens is 3. The van der Waals surface area contributed by atoms with Crippen molar-refractivity contribution in [3.8, 4) is 0 Å². The normalized spacial score (nSPS) is 40.7. The van der Waals surface area contributed by atoms with Crippen LogP contribution in [0.25, 0.3) is 0 Å². The molecule has 3 nitrogen and oxygen atoms in total. The zero-order valence-corrected chi connectivity index (χ0v) is 9.03. The van der Waals surface area contributed by atoms with Crippen molar-refractivity contribution in [3.63, 3.8) is 0 Å². The first kappa shape index (κ1) is 11.2. The molecule has 0 spiro atoms. The molecule has 0 radical (unpaired) electrons. The highest BCUT2D eigenvalue weighted by Crippen LogP contribution is 2.54. The van der Waals surface area contributed by atoms with Crippen LogP contribution in [0.5, 0.6) is 0 Å². The standard InChI is InChI=1S/C8H12F3NO2S/c1-12-4-6-7(5-12,8(9,10)11)2-3-15(6,13)14/h6H,2-5H2,1H3/t6-,7-/m1/s1. The summed E-state index contributed by atoms with van der Waals surface area (Å²) >= 11 is 0. The number of rotatable bonds is 0. The van der Waals surface area contributed by atoms with E-state index < -0.39 is 26.7 Å². The van der Waals surface area contributed by atoms with Gasteiger partial charge in [-0.15, -0.1) is 0 Å². The Hall–Kier alpha value is -0.300. The molecule has 0 aliphatic carbocycles. The van der Waals surface area contributed by atoms with Gasteiger partial charge < -0.3 is 4.90 Å². The van der Waals surface area contributed by atoms with Crippen LogP contribution in [0.2, 0.25) is 0 Å². The number of likely N-dealkylation sites (tertiary alicyclic amines) is 1. The lowest BCUT2D eigenvalue weighted by atomic mass is 9.83. The molecule has 2 rings (SSSR count). The lowest BCUT2D eigenvalue weighted by Crippen LogP contribution is -2.45. The van der Waals surface area contributed by atoms with E-state index in [9.17, 15) is 21.6 Å². The van der Waals surface area contributed by atoms with Gasteiger partial charge in [-0.25, -0.2) is 8.42 Å². The van der Waals surface area contributed by atoms with Crippen LogP contribution in [0.1, 0.15) is 6.42 Å². The molecule has 0 saturated carbocycles. The first-order valence-electron chi connectivity index (χ1n) is 4.66. The Morgan fingerprint density at radius 1 is 1.40 bits per heavy atom. The first-order valence-corrected chi connectivity index (χ1v) is 6.37. The molecular weight excluding hydrogens is 231 g/mol. The number of alkyl halides is 3. The fourth-order valence-electron chi connectivity index (χ4n) is 2.68. The summed E-state index contributed by atoms with van der Waals surface area (Å²) in [6.45, 7) is -0.192. The van der Waals surface area contributed by atoms with Crippen molar-refractivity contribution in [2.75, 3.05) is 25.9 Å². The summed E-state index contributed by atoms with van der Waals surface area (Å²) in [6.07, 6.45) is -4.71. The average molecular weight is 243 g/mol. The summed E-state index contributed by atoms with van der Waals surface area (Å²) in [5.74, 6) is -0.328. The van der Waals surface area contributed by atoms with Crippen LogP contribution in [-0.4, -0.2) is 50.6 Å². The summed E-state index contributed by atoms with van der Waals surface area (Å²) in [4.78, 5) is 1.45. The van der Waals surface area contributed by atoms with Crippen molar-refractivity contribution in [3.05, 3.63) is 0 Å². The summed E-state index contributed by atoms with van der Waals surface area (Å²) in [5.41, 5.74) is -2.01. The number of nitrogens with zero attached hydrogens (tertiary/aromatic N) is 1. The fraction of sp³-hybridized carbons (Fsp3) is 1.00. The van der Waals surface area contributed by atoms with Gasteiger partial charge in [0.2, 0.25) is 0 Å². The van der Waals surface area contributed by atoms with Crippen LogP contribution < -0.4 is 0 Å². The molecule has 2 heterocycles. The molecule has 0 unspecified atom stereocenters. The molecule has 0 N–H and O–H groups in total. The molecule has 0 aromatic rings. The minimum absolute atomic E-state index is 0.00183. The molecule has 2 aliphatic heterocycles. The van der Waals surface area contributed by atoms with Crippen LogP contribution in [0.15, 0.2) is 0 Å². The third-order valence-electron chi connectivity index (χ3n) is 3.48. The molecule has 2 fully saturated rings. The van der Waals surface area contributed by atoms with Crippen molar-refractivity contribution in [1.82, 2.24) is 4.90 Å². The van der Waals surface area contributed by atoms with Crippen molar-refractivity contribution < 1.29 is 21.6 Å². The number of hydrogen-bond donors (Lipinski definition) is 0. The molecule has 2 saturated heterocycles. The maximum absolute atomic E-state index is 12.9. The van der Waals surface area contributed by atoms with Gasteiger partial charge in [0.05, 0.1) is 16.4 Å². The molecule has 2 aliphatic rings. The van der Waals surface area contributed by atoms with Crippen molar-refractivity contribution in [1.29, 1.82) is 0 Å². The molecule has 0 amide bonds. The van der Waals surface area contributed by atoms with Crippen LogP contribution in [0, 0.1) is 5.41 Å². The van der Waals surface area contributed by atoms with Gasteiger partial charge in [0.25, 0.3) is 0 Å². The SMILES string of the molecule is CN1C[C@@H]2[C@@](C(F)(F)F)(CCS2(=O)=O)C1. The van der Waals surface area contributed by atoms with Crippen LogP contribution in [0.4, 0.5) is 13.2 Å². The molecule has 15 heavy (non-hydrogen) atoms. The van der Waals surface area contributed by atoms with Gasteiger partial charge in [-0.1, -0.05) is 0 Å². The average Bonchev–Trinajstić information content (AvgIpc) is 2.49. The highest BCUT2D eigenvalue weighted by Gasteiger charge is 2.69. The lowest BCUT2D eigenvalue weighted by Gasteiger charge is -2.29. The Morgan fingerprint density at radius 3 is 2.47 bits per heavy atom. The van der Waals surface area contributed by atoms with Crippen LogP contribution >= 0.6 is 0 Å². The van der Waals surface area contributed by atoms with E-state index in [2.05, 4.69) is 0 Å². The van der Waals surface area contributed by atoms with E-state index >= 15 is 0 Å². The Labute approximate surface area is 86.2 Å². The lowest BCUT2D eigenvalue weighted by molar-refractivity contribution is -0.216. The summed E-state index contributed by atoms with van der Waals surface area (Å²) in [7, 11) is -2.03. The molecule has 0 aromatic carbocycles. The number of sulfone groups is 1. The second-order valence-electron chi connectivity index (χ2n) is 4.46. The fourth-order valence-corrected chi connectivity index (χ4v) is 5.11. The molecule has 88 valence electrons. The van der Waals surface area contributed by atoms with Crippen molar-refractivity contribution in [2.24, 2.45) is 5.41 Å². The van der Waals surface area contributed by atoms with E-state index in [-0.39, 0.29) is 25.3 Å². The Kier molecular flexibility index (Phi) is 2.15. The Balaban J connectivity index is 2.48. The second-order valence-corrected chi connectivity index (χ2v) is 6.76. The third kappa shape index (κ3) is 1.39. The van der Waals surface area contributed by atoms with Crippen molar-refractivity contribution in [2.45, 2.75) is 17.8 Å². The van der Waals surface area contributed by atoms with Gasteiger partial charge in [0.1, 0.15) is 0 Å². The molecular formula is C8H12F3NO2S. The van der Waals surface area contributed by atoms with E-state index in [1.54, 1.807) is 0 Å². The maximum Gasteiger partial charge on any atom is 0.397 e. The van der Waals surface area contributed by atoms with Crippen molar-refractivity contribution >= 4 is 9.84 Å². The van der Waals surface area contributed by atoms with Gasteiger partial charge >= 0.3 is 6.18 Å². The molecule has 0 aromatic heterocycles. The van der Waals surface area contributed by atoms with Gasteiger partial charge in [0.15, 0.2) is 9.84 Å². The van der Waals surface area contributed by atoms with Gasteiger partial charge in [-0.2, -0.15) is 13.2 Å². The molecule has 2 atom stereocenters. The van der Waals surface area contributed by atoms with E-state index in [4.69, 9.17) is 0 Å². The first-order chi connectivity index (χ1) is 6.69. The second kappa shape index (κ2) is 2.88. The molecule has 0 bridgehead atoms. The van der Waals surface area contributed by atoms with Gasteiger partial charge in [0, 0.05) is 13.1 Å². The predicted molar refractivity (Wildman–Crippen MR) is 48.2 cm³/mol. The quantitative estimate of drug-likeness (QED) is 0.627. The summed E-state index contributed by atoms with van der Waals surface area (Å²) in [5, 5.41) is -1.25. The van der Waals surface area contributed by atoms with E-state index in [1.807, 2.05) is 0 Å². The minimum Gasteiger partial charge on any atom is -0.304 e. The Bertz CT molecular complexity index is 378. The topological polar surface area (TPSA) is 37.4 Å². The van der Waals surface area contributed by atoms with E-state index in [0.717, 1.165) is 0 Å². The number of fused-ring (bicyclic) bond motifs is 1.